The topological polar surface area (TPSA) is 159 Å². The minimum Gasteiger partial charge on any atom is -0.465 e. The van der Waals surface area contributed by atoms with E-state index >= 15 is 0 Å². The van der Waals surface area contributed by atoms with Crippen LogP contribution in [0, 0.1) is 5.41 Å². The highest BCUT2D eigenvalue weighted by Gasteiger charge is 2.28. The first kappa shape index (κ1) is 29.9. The Bertz CT molecular complexity index is 1790. The molecule has 4 aromatic rings. The van der Waals surface area contributed by atoms with Crippen LogP contribution in [-0.4, -0.2) is 64.9 Å². The van der Waals surface area contributed by atoms with Crippen LogP contribution in [0.3, 0.4) is 0 Å². The van der Waals surface area contributed by atoms with Crippen molar-refractivity contribution in [2.24, 2.45) is 5.41 Å². The Morgan fingerprint density at radius 1 is 1.00 bits per heavy atom. The van der Waals surface area contributed by atoms with E-state index < -0.39 is 16.1 Å². The van der Waals surface area contributed by atoms with Crippen LogP contribution in [0.1, 0.15) is 42.4 Å². The number of carbonyl (C=O) groups is 2. The Kier molecular flexibility index (Phi) is 8.08. The van der Waals surface area contributed by atoms with Gasteiger partial charge in [0, 0.05) is 43.7 Å². The highest BCUT2D eigenvalue weighted by Crippen LogP contribution is 2.32. The average Bonchev–Trinajstić information content (AvgIpc) is 3.39. The number of nitrogens with two attached hydrogens (primary N) is 1. The number of rotatable bonds is 8. The lowest BCUT2D eigenvalue weighted by Crippen LogP contribution is -2.41. The first-order valence-electron chi connectivity index (χ1n) is 13.8. The molecule has 2 amide bonds. The molecule has 43 heavy (non-hydrogen) atoms. The van der Waals surface area contributed by atoms with Crippen LogP contribution in [-0.2, 0) is 23.1 Å². The van der Waals surface area contributed by atoms with Gasteiger partial charge in [-0.05, 0) is 40.3 Å². The van der Waals surface area contributed by atoms with Gasteiger partial charge in [-0.2, -0.15) is 0 Å². The summed E-state index contributed by atoms with van der Waals surface area (Å²) in [7, 11) is -4.03. The van der Waals surface area contributed by atoms with Crippen LogP contribution in [0.2, 0.25) is 0 Å². The molecule has 0 bridgehead atoms. The molecule has 5 rings (SSSR count). The highest BCUT2D eigenvalue weighted by atomic mass is 32.2. The quantitative estimate of drug-likeness (QED) is 0.269. The molecule has 1 aliphatic rings. The van der Waals surface area contributed by atoms with Crippen molar-refractivity contribution < 1.29 is 23.1 Å². The van der Waals surface area contributed by atoms with Gasteiger partial charge in [-0.3, -0.25) is 4.79 Å². The van der Waals surface area contributed by atoms with E-state index in [1.54, 1.807) is 41.3 Å². The molecule has 0 fully saturated rings. The molecular formula is C31H34N6O5S. The summed E-state index contributed by atoms with van der Waals surface area (Å²) in [6, 6.07) is 19.5. The SMILES string of the molecule is CC(C)(C)CN(CCNS(=O)(=O)c1ccccc1-c1ccc2nc(N)nc(C(=O)N3Cc4ccccc4C3)c2c1)C(=O)O. The molecule has 3 aromatic carbocycles. The third-order valence-corrected chi connectivity index (χ3v) is 8.66. The number of carbonyl (C=O) groups excluding carboxylic acids is 1. The summed E-state index contributed by atoms with van der Waals surface area (Å²) in [4.78, 5) is 36.9. The second-order valence-electron chi connectivity index (χ2n) is 11.8. The van der Waals surface area contributed by atoms with E-state index in [4.69, 9.17) is 5.73 Å². The van der Waals surface area contributed by atoms with Gasteiger partial charge in [0.15, 0.2) is 0 Å². The van der Waals surface area contributed by atoms with E-state index in [1.807, 2.05) is 45.0 Å². The largest absolute Gasteiger partial charge is 0.465 e. The maximum absolute atomic E-state index is 13.7. The van der Waals surface area contributed by atoms with Crippen molar-refractivity contribution in [1.29, 1.82) is 0 Å². The van der Waals surface area contributed by atoms with Crippen molar-refractivity contribution in [3.63, 3.8) is 0 Å². The van der Waals surface area contributed by atoms with Crippen molar-refractivity contribution in [2.75, 3.05) is 25.4 Å². The molecule has 11 nitrogen and oxygen atoms in total. The Morgan fingerprint density at radius 2 is 1.65 bits per heavy atom. The summed E-state index contributed by atoms with van der Waals surface area (Å²) >= 11 is 0. The number of amides is 2. The lowest BCUT2D eigenvalue weighted by atomic mass is 9.96. The van der Waals surface area contributed by atoms with Gasteiger partial charge in [-0.15, -0.1) is 0 Å². The summed E-state index contributed by atoms with van der Waals surface area (Å²) in [5.74, 6) is -0.331. The smallest absolute Gasteiger partial charge is 0.407 e. The molecule has 0 radical (unpaired) electrons. The zero-order valence-electron chi connectivity index (χ0n) is 24.2. The fraction of sp³-hybridized carbons (Fsp3) is 0.290. The number of sulfonamides is 1. The maximum atomic E-state index is 13.7. The van der Waals surface area contributed by atoms with E-state index in [0.29, 0.717) is 35.1 Å². The number of hydrogen-bond acceptors (Lipinski definition) is 7. The number of carboxylic acid groups (broad SMARTS) is 1. The van der Waals surface area contributed by atoms with Gasteiger partial charge < -0.3 is 20.6 Å². The van der Waals surface area contributed by atoms with Gasteiger partial charge >= 0.3 is 6.09 Å². The number of nitrogens with zero attached hydrogens (tertiary/aromatic N) is 4. The molecule has 0 atom stereocenters. The van der Waals surface area contributed by atoms with E-state index in [-0.39, 0.29) is 47.5 Å². The Labute approximate surface area is 250 Å². The summed E-state index contributed by atoms with van der Waals surface area (Å²) in [6.07, 6.45) is -1.11. The predicted octanol–water partition coefficient (Wildman–Crippen LogP) is 4.34. The third kappa shape index (κ3) is 6.60. The molecule has 224 valence electrons. The normalized spacial score (nSPS) is 13.2. The van der Waals surface area contributed by atoms with Gasteiger partial charge in [-0.1, -0.05) is 69.3 Å². The zero-order chi connectivity index (χ0) is 30.9. The summed E-state index contributed by atoms with van der Waals surface area (Å²) < 4.78 is 29.4. The van der Waals surface area contributed by atoms with Gasteiger partial charge in [-0.25, -0.2) is 27.9 Å². The van der Waals surface area contributed by atoms with Crippen molar-refractivity contribution in [2.45, 2.75) is 38.8 Å². The summed E-state index contributed by atoms with van der Waals surface area (Å²) in [5, 5.41) is 10.0. The van der Waals surface area contributed by atoms with E-state index in [0.717, 1.165) is 11.1 Å². The number of benzene rings is 3. The second kappa shape index (κ2) is 11.6. The van der Waals surface area contributed by atoms with Gasteiger partial charge in [0.25, 0.3) is 5.91 Å². The standard InChI is InChI=1S/C31H34N6O5S/c1-31(2,3)19-36(30(39)40)15-14-33-43(41,42)26-11-7-6-10-23(26)20-12-13-25-24(16-20)27(35-29(32)34-25)28(38)37-17-21-8-4-5-9-22(21)18-37/h4-13,16,33H,14-15,17-19H2,1-3H3,(H,39,40)(H2,32,34,35). The van der Waals surface area contributed by atoms with Crippen LogP contribution in [0.25, 0.3) is 22.0 Å². The summed E-state index contributed by atoms with van der Waals surface area (Å²) in [6.45, 7) is 6.79. The number of nitrogen functional groups attached to an aromatic ring is 1. The Morgan fingerprint density at radius 3 is 2.30 bits per heavy atom. The zero-order valence-corrected chi connectivity index (χ0v) is 25.1. The molecule has 0 spiro atoms. The molecule has 0 saturated carbocycles. The van der Waals surface area contributed by atoms with Crippen LogP contribution in [0.15, 0.2) is 71.6 Å². The fourth-order valence-corrected chi connectivity index (χ4v) is 6.50. The lowest BCUT2D eigenvalue weighted by Gasteiger charge is -2.27. The number of anilines is 1. The molecule has 1 aliphatic heterocycles. The molecule has 0 saturated heterocycles. The molecule has 0 unspecified atom stereocenters. The minimum atomic E-state index is -4.03. The summed E-state index contributed by atoms with van der Waals surface area (Å²) in [5.41, 5.74) is 9.38. The van der Waals surface area contributed by atoms with E-state index in [9.17, 15) is 23.1 Å². The first-order chi connectivity index (χ1) is 20.3. The van der Waals surface area contributed by atoms with E-state index in [2.05, 4.69) is 14.7 Å². The minimum absolute atomic E-state index is 0.00538. The first-order valence-corrected chi connectivity index (χ1v) is 15.3. The Hall–Kier alpha value is -4.55. The van der Waals surface area contributed by atoms with Crippen LogP contribution >= 0.6 is 0 Å². The molecule has 1 aromatic heterocycles. The molecule has 12 heteroatoms. The van der Waals surface area contributed by atoms with Gasteiger partial charge in [0.05, 0.1) is 10.4 Å². The molecule has 2 heterocycles. The number of hydrogen-bond donors (Lipinski definition) is 3. The number of fused-ring (bicyclic) bond motifs is 2. The average molecular weight is 603 g/mol. The number of aromatic nitrogens is 2. The van der Waals surface area contributed by atoms with Crippen LogP contribution < -0.4 is 10.5 Å². The predicted molar refractivity (Wildman–Crippen MR) is 164 cm³/mol. The van der Waals surface area contributed by atoms with Gasteiger partial charge in [0.2, 0.25) is 16.0 Å². The van der Waals surface area contributed by atoms with Crippen LogP contribution in [0.4, 0.5) is 10.7 Å². The third-order valence-electron chi connectivity index (χ3n) is 7.14. The van der Waals surface area contributed by atoms with Crippen molar-refractivity contribution in [1.82, 2.24) is 24.5 Å². The lowest BCUT2D eigenvalue weighted by molar-refractivity contribution is 0.0747. The van der Waals surface area contributed by atoms with Crippen molar-refractivity contribution >= 4 is 38.9 Å². The van der Waals surface area contributed by atoms with Crippen molar-refractivity contribution in [3.05, 3.63) is 83.6 Å². The number of nitrogens with one attached hydrogen (secondary N) is 1. The highest BCUT2D eigenvalue weighted by molar-refractivity contribution is 7.89. The maximum Gasteiger partial charge on any atom is 0.407 e. The molecular weight excluding hydrogens is 568 g/mol. The fourth-order valence-electron chi connectivity index (χ4n) is 5.25. The molecule has 4 N–H and O–H groups in total. The second-order valence-corrected chi connectivity index (χ2v) is 13.5. The monoisotopic (exact) mass is 602 g/mol. The van der Waals surface area contributed by atoms with E-state index in [1.165, 1.54) is 11.0 Å². The Balaban J connectivity index is 1.44. The molecule has 0 aliphatic carbocycles. The van der Waals surface area contributed by atoms with Crippen LogP contribution in [0.5, 0.6) is 0 Å². The van der Waals surface area contributed by atoms with Crippen molar-refractivity contribution in [3.8, 4) is 11.1 Å². The van der Waals surface area contributed by atoms with Gasteiger partial charge in [0.1, 0.15) is 5.69 Å².